The van der Waals surface area contributed by atoms with Gasteiger partial charge in [-0.1, -0.05) is 6.92 Å². The largest absolute Gasteiger partial charge is 0.396 e. The first-order valence-electron chi connectivity index (χ1n) is 6.73. The number of amides is 1. The minimum atomic E-state index is 0.0194. The van der Waals surface area contributed by atoms with Crippen molar-refractivity contribution in [3.63, 3.8) is 0 Å². The molecule has 2 rings (SSSR count). The van der Waals surface area contributed by atoms with E-state index in [0.29, 0.717) is 5.69 Å². The van der Waals surface area contributed by atoms with E-state index in [1.165, 1.54) is 0 Å². The first-order valence-corrected chi connectivity index (χ1v) is 7.52. The Bertz CT molecular complexity index is 456. The minimum absolute atomic E-state index is 0.0194. The van der Waals surface area contributed by atoms with E-state index in [2.05, 4.69) is 22.9 Å². The number of likely N-dealkylation sites (tertiary alicyclic amines) is 1. The highest BCUT2D eigenvalue weighted by Crippen LogP contribution is 2.34. The van der Waals surface area contributed by atoms with Crippen molar-refractivity contribution < 1.29 is 9.90 Å². The van der Waals surface area contributed by atoms with Crippen LogP contribution in [0.3, 0.4) is 0 Å². The standard InChI is InChI=1S/C14H21BrN2O2/c1-3-14(10-18)4-6-17(7-5-14)13(19)12-8-11(15)9-16(12)2/h8-9,18H,3-7,10H2,1-2H3. The molecule has 1 saturated heterocycles. The zero-order valence-electron chi connectivity index (χ0n) is 11.5. The number of rotatable bonds is 3. The average molecular weight is 329 g/mol. The fourth-order valence-corrected chi connectivity index (χ4v) is 3.23. The van der Waals surface area contributed by atoms with E-state index >= 15 is 0 Å². The molecule has 106 valence electrons. The quantitative estimate of drug-likeness (QED) is 0.926. The van der Waals surface area contributed by atoms with E-state index < -0.39 is 0 Å². The van der Waals surface area contributed by atoms with Gasteiger partial charge in [-0.05, 0) is 46.7 Å². The van der Waals surface area contributed by atoms with E-state index in [0.717, 1.165) is 36.8 Å². The summed E-state index contributed by atoms with van der Waals surface area (Å²) >= 11 is 3.39. The Kier molecular flexibility index (Phi) is 4.36. The first kappa shape index (κ1) is 14.6. The lowest BCUT2D eigenvalue weighted by atomic mass is 9.77. The summed E-state index contributed by atoms with van der Waals surface area (Å²) in [6.45, 7) is 3.80. The van der Waals surface area contributed by atoms with Crippen LogP contribution in [0.15, 0.2) is 16.7 Å². The van der Waals surface area contributed by atoms with Crippen LogP contribution in [-0.4, -0.2) is 40.2 Å². The highest BCUT2D eigenvalue weighted by Gasteiger charge is 2.34. The summed E-state index contributed by atoms with van der Waals surface area (Å²) in [6.07, 6.45) is 4.64. The molecule has 1 aliphatic rings. The predicted molar refractivity (Wildman–Crippen MR) is 78.1 cm³/mol. The summed E-state index contributed by atoms with van der Waals surface area (Å²) in [5.74, 6) is 0.0795. The van der Waals surface area contributed by atoms with Crippen LogP contribution in [-0.2, 0) is 7.05 Å². The third-order valence-electron chi connectivity index (χ3n) is 4.39. The molecule has 0 aromatic carbocycles. The SMILES string of the molecule is CCC1(CO)CCN(C(=O)c2cc(Br)cn2C)CC1. The Balaban J connectivity index is 2.06. The van der Waals surface area contributed by atoms with E-state index in [1.54, 1.807) is 0 Å². The normalized spacial score (nSPS) is 18.6. The van der Waals surface area contributed by atoms with Crippen LogP contribution in [0.1, 0.15) is 36.7 Å². The Morgan fingerprint density at radius 3 is 2.53 bits per heavy atom. The van der Waals surface area contributed by atoms with Crippen LogP contribution >= 0.6 is 15.9 Å². The fraction of sp³-hybridized carbons (Fsp3) is 0.643. The van der Waals surface area contributed by atoms with Crippen LogP contribution in [0.2, 0.25) is 0 Å². The lowest BCUT2D eigenvalue weighted by Gasteiger charge is -2.40. The maximum atomic E-state index is 12.4. The summed E-state index contributed by atoms with van der Waals surface area (Å²) in [6, 6.07) is 1.86. The zero-order valence-corrected chi connectivity index (χ0v) is 13.1. The minimum Gasteiger partial charge on any atom is -0.396 e. The lowest BCUT2D eigenvalue weighted by molar-refractivity contribution is 0.0332. The topological polar surface area (TPSA) is 45.5 Å². The van der Waals surface area contributed by atoms with E-state index in [1.807, 2.05) is 28.8 Å². The van der Waals surface area contributed by atoms with Crippen molar-refractivity contribution in [3.05, 3.63) is 22.4 Å². The second kappa shape index (κ2) is 5.67. The molecule has 1 fully saturated rings. The molecule has 5 heteroatoms. The van der Waals surface area contributed by atoms with Crippen molar-refractivity contribution in [2.24, 2.45) is 12.5 Å². The molecule has 0 spiro atoms. The van der Waals surface area contributed by atoms with Crippen molar-refractivity contribution in [2.75, 3.05) is 19.7 Å². The van der Waals surface area contributed by atoms with Crippen molar-refractivity contribution in [3.8, 4) is 0 Å². The monoisotopic (exact) mass is 328 g/mol. The molecule has 0 saturated carbocycles. The number of carbonyl (C=O) groups excluding carboxylic acids is 1. The molecule has 0 atom stereocenters. The number of carbonyl (C=O) groups is 1. The number of piperidine rings is 1. The summed E-state index contributed by atoms with van der Waals surface area (Å²) in [7, 11) is 1.88. The molecule has 0 unspecified atom stereocenters. The van der Waals surface area contributed by atoms with Crippen LogP contribution in [0, 0.1) is 5.41 Å². The number of aliphatic hydroxyl groups excluding tert-OH is 1. The van der Waals surface area contributed by atoms with Gasteiger partial charge >= 0.3 is 0 Å². The number of hydrogen-bond donors (Lipinski definition) is 1. The molecular formula is C14H21BrN2O2. The van der Waals surface area contributed by atoms with E-state index in [4.69, 9.17) is 0 Å². The molecule has 2 heterocycles. The average Bonchev–Trinajstić information content (AvgIpc) is 2.77. The molecule has 0 bridgehead atoms. The third-order valence-corrected chi connectivity index (χ3v) is 4.82. The molecule has 1 amide bonds. The van der Waals surface area contributed by atoms with Gasteiger partial charge in [0.2, 0.25) is 0 Å². The third kappa shape index (κ3) is 2.87. The predicted octanol–water partition coefficient (Wildman–Crippen LogP) is 2.41. The van der Waals surface area contributed by atoms with Gasteiger partial charge in [-0.15, -0.1) is 0 Å². The Labute approximate surface area is 122 Å². The van der Waals surface area contributed by atoms with Crippen LogP contribution in [0.25, 0.3) is 0 Å². The van der Waals surface area contributed by atoms with Gasteiger partial charge in [0.15, 0.2) is 0 Å². The van der Waals surface area contributed by atoms with Crippen LogP contribution < -0.4 is 0 Å². The van der Waals surface area contributed by atoms with Gasteiger partial charge in [0.1, 0.15) is 5.69 Å². The number of aromatic nitrogens is 1. The van der Waals surface area contributed by atoms with Crippen LogP contribution in [0.5, 0.6) is 0 Å². The maximum Gasteiger partial charge on any atom is 0.270 e. The van der Waals surface area contributed by atoms with Gasteiger partial charge in [-0.2, -0.15) is 0 Å². The van der Waals surface area contributed by atoms with Crippen molar-refractivity contribution in [1.29, 1.82) is 0 Å². The van der Waals surface area contributed by atoms with Crippen LogP contribution in [0.4, 0.5) is 0 Å². The second-order valence-corrected chi connectivity index (χ2v) is 6.37. The van der Waals surface area contributed by atoms with Gasteiger partial charge in [0.25, 0.3) is 5.91 Å². The molecule has 1 aromatic rings. The maximum absolute atomic E-state index is 12.4. The van der Waals surface area contributed by atoms with Crippen molar-refractivity contribution in [2.45, 2.75) is 26.2 Å². The Morgan fingerprint density at radius 2 is 2.11 bits per heavy atom. The highest BCUT2D eigenvalue weighted by molar-refractivity contribution is 9.10. The van der Waals surface area contributed by atoms with Gasteiger partial charge in [0, 0.05) is 37.4 Å². The van der Waals surface area contributed by atoms with Gasteiger partial charge in [-0.25, -0.2) is 0 Å². The number of nitrogens with zero attached hydrogens (tertiary/aromatic N) is 2. The molecular weight excluding hydrogens is 308 g/mol. The highest BCUT2D eigenvalue weighted by atomic mass is 79.9. The molecule has 0 radical (unpaired) electrons. The number of aryl methyl sites for hydroxylation is 1. The summed E-state index contributed by atoms with van der Waals surface area (Å²) in [5.41, 5.74) is 0.728. The lowest BCUT2D eigenvalue weighted by Crippen LogP contribution is -2.44. The Hall–Kier alpha value is -0.810. The fourth-order valence-electron chi connectivity index (χ4n) is 2.71. The zero-order chi connectivity index (χ0) is 14.0. The second-order valence-electron chi connectivity index (χ2n) is 5.46. The van der Waals surface area contributed by atoms with Crippen molar-refractivity contribution >= 4 is 21.8 Å². The summed E-state index contributed by atoms with van der Waals surface area (Å²) in [5, 5.41) is 9.52. The molecule has 0 aliphatic carbocycles. The van der Waals surface area contributed by atoms with Gasteiger partial charge in [-0.3, -0.25) is 4.79 Å². The smallest absolute Gasteiger partial charge is 0.270 e. The molecule has 19 heavy (non-hydrogen) atoms. The molecule has 4 nitrogen and oxygen atoms in total. The molecule has 1 aliphatic heterocycles. The molecule has 1 N–H and O–H groups in total. The summed E-state index contributed by atoms with van der Waals surface area (Å²) < 4.78 is 2.77. The number of hydrogen-bond acceptors (Lipinski definition) is 2. The van der Waals surface area contributed by atoms with E-state index in [9.17, 15) is 9.90 Å². The summed E-state index contributed by atoms with van der Waals surface area (Å²) in [4.78, 5) is 14.3. The number of halogens is 1. The molecule has 1 aromatic heterocycles. The number of aliphatic hydroxyl groups is 1. The first-order chi connectivity index (χ1) is 9.01. The van der Waals surface area contributed by atoms with E-state index in [-0.39, 0.29) is 17.9 Å². The van der Waals surface area contributed by atoms with Gasteiger partial charge < -0.3 is 14.6 Å². The van der Waals surface area contributed by atoms with Gasteiger partial charge in [0.05, 0.1) is 0 Å². The van der Waals surface area contributed by atoms with Crippen molar-refractivity contribution in [1.82, 2.24) is 9.47 Å². The Morgan fingerprint density at radius 1 is 1.47 bits per heavy atom.